The molecule has 0 bridgehead atoms. The van der Waals surface area contributed by atoms with Crippen molar-refractivity contribution >= 4 is 16.7 Å². The monoisotopic (exact) mass is 272 g/mol. The van der Waals surface area contributed by atoms with Crippen LogP contribution < -0.4 is 11.1 Å². The van der Waals surface area contributed by atoms with Crippen molar-refractivity contribution in [2.45, 2.75) is 25.6 Å². The van der Waals surface area contributed by atoms with Crippen molar-refractivity contribution in [3.05, 3.63) is 24.2 Å². The maximum absolute atomic E-state index is 11.9. The summed E-state index contributed by atoms with van der Waals surface area (Å²) >= 11 is 0. The lowest BCUT2D eigenvalue weighted by atomic mass is 10.2. The Labute approximate surface area is 110 Å². The maximum Gasteiger partial charge on any atom is 0.235 e. The number of carbonyl (C=O) groups excluding carboxylic acids is 1. The Kier molecular flexibility index (Phi) is 6.07. The molecule has 0 radical (unpaired) electrons. The van der Waals surface area contributed by atoms with Crippen molar-refractivity contribution < 1.29 is 13.4 Å². The van der Waals surface area contributed by atoms with Crippen LogP contribution in [-0.2, 0) is 22.1 Å². The number of nitrogens with one attached hydrogen (secondary N) is 1. The minimum Gasteiger partial charge on any atom is -0.467 e. The molecule has 3 N–H and O–H groups in total. The average Bonchev–Trinajstić information content (AvgIpc) is 2.87. The largest absolute Gasteiger partial charge is 0.467 e. The first-order valence-corrected chi connectivity index (χ1v) is 7.30. The summed E-state index contributed by atoms with van der Waals surface area (Å²) < 4.78 is 17.0. The molecule has 3 atom stereocenters. The Hall–Kier alpha value is -1.14. The topological polar surface area (TPSA) is 85.3 Å². The number of amides is 1. The summed E-state index contributed by atoms with van der Waals surface area (Å²) in [6.45, 7) is 4.38. The Morgan fingerprint density at radius 1 is 1.56 bits per heavy atom. The van der Waals surface area contributed by atoms with Gasteiger partial charge in [-0.2, -0.15) is 0 Å². The predicted octanol–water partition coefficient (Wildman–Crippen LogP) is 0.628. The third kappa shape index (κ3) is 4.62. The highest BCUT2D eigenvalue weighted by atomic mass is 32.2. The van der Waals surface area contributed by atoms with E-state index in [0.29, 0.717) is 24.6 Å². The number of hydrogen-bond donors (Lipinski definition) is 2. The fraction of sp³-hybridized carbons (Fsp3) is 0.583. The lowest BCUT2D eigenvalue weighted by molar-refractivity contribution is -0.120. The molecular formula is C12H20N2O3S. The summed E-state index contributed by atoms with van der Waals surface area (Å²) in [6.07, 6.45) is 1.55. The standard InChI is InChI=1S/C12H20N2O3S/c1-9(6-13)8-18(16)10(2)12(15)14-7-11-4-3-5-17-11/h3-5,9-10H,6-8,13H2,1-2H3,(H,14,15). The fourth-order valence-corrected chi connectivity index (χ4v) is 2.65. The second-order valence-electron chi connectivity index (χ2n) is 4.33. The van der Waals surface area contributed by atoms with Crippen LogP contribution in [0.3, 0.4) is 0 Å². The first kappa shape index (κ1) is 14.9. The summed E-state index contributed by atoms with van der Waals surface area (Å²) in [6, 6.07) is 3.53. The van der Waals surface area contributed by atoms with Crippen LogP contribution in [0.1, 0.15) is 19.6 Å². The zero-order valence-electron chi connectivity index (χ0n) is 10.7. The van der Waals surface area contributed by atoms with Gasteiger partial charge < -0.3 is 15.5 Å². The highest BCUT2D eigenvalue weighted by Gasteiger charge is 2.21. The van der Waals surface area contributed by atoms with E-state index in [9.17, 15) is 9.00 Å². The van der Waals surface area contributed by atoms with Gasteiger partial charge in [-0.15, -0.1) is 0 Å². The van der Waals surface area contributed by atoms with Crippen molar-refractivity contribution in [2.24, 2.45) is 11.7 Å². The number of nitrogens with two attached hydrogens (primary N) is 1. The lowest BCUT2D eigenvalue weighted by Crippen LogP contribution is -2.37. The summed E-state index contributed by atoms with van der Waals surface area (Å²) in [5.41, 5.74) is 5.47. The summed E-state index contributed by atoms with van der Waals surface area (Å²) in [5, 5.41) is 2.17. The van der Waals surface area contributed by atoms with Crippen LogP contribution in [0.25, 0.3) is 0 Å². The van der Waals surface area contributed by atoms with Crippen LogP contribution in [0.15, 0.2) is 22.8 Å². The van der Waals surface area contributed by atoms with Crippen LogP contribution in [0, 0.1) is 5.92 Å². The van der Waals surface area contributed by atoms with Crippen LogP contribution in [0.4, 0.5) is 0 Å². The number of rotatable bonds is 7. The molecule has 0 aromatic carbocycles. The van der Waals surface area contributed by atoms with E-state index in [1.54, 1.807) is 25.3 Å². The minimum absolute atomic E-state index is 0.158. The third-order valence-electron chi connectivity index (χ3n) is 2.63. The number of hydrogen-bond acceptors (Lipinski definition) is 4. The molecule has 0 aliphatic heterocycles. The van der Waals surface area contributed by atoms with Crippen molar-refractivity contribution in [1.82, 2.24) is 5.32 Å². The molecule has 5 nitrogen and oxygen atoms in total. The average molecular weight is 272 g/mol. The first-order valence-electron chi connectivity index (χ1n) is 5.92. The summed E-state index contributed by atoms with van der Waals surface area (Å²) in [7, 11) is -1.20. The summed E-state index contributed by atoms with van der Waals surface area (Å²) in [5.74, 6) is 1.06. The molecule has 1 amide bonds. The molecule has 1 heterocycles. The molecule has 0 aliphatic rings. The van der Waals surface area contributed by atoms with Gasteiger partial charge in [0.25, 0.3) is 0 Å². The molecule has 18 heavy (non-hydrogen) atoms. The van der Waals surface area contributed by atoms with Crippen molar-refractivity contribution in [2.75, 3.05) is 12.3 Å². The van der Waals surface area contributed by atoms with Crippen LogP contribution in [-0.4, -0.2) is 27.7 Å². The van der Waals surface area contributed by atoms with Gasteiger partial charge in [0.1, 0.15) is 11.0 Å². The second kappa shape index (κ2) is 7.33. The van der Waals surface area contributed by atoms with Gasteiger partial charge in [0.2, 0.25) is 5.91 Å². The van der Waals surface area contributed by atoms with Crippen molar-refractivity contribution in [3.8, 4) is 0 Å². The molecule has 0 aliphatic carbocycles. The SMILES string of the molecule is CC(CN)CS(=O)C(C)C(=O)NCc1ccco1. The summed E-state index contributed by atoms with van der Waals surface area (Å²) in [4.78, 5) is 11.8. The van der Waals surface area contributed by atoms with Gasteiger partial charge in [0.15, 0.2) is 0 Å². The normalized spacial score (nSPS) is 15.9. The molecule has 0 fully saturated rings. The number of carbonyl (C=O) groups is 1. The first-order chi connectivity index (χ1) is 8.54. The molecule has 1 rings (SSSR count). The zero-order valence-corrected chi connectivity index (χ0v) is 11.5. The second-order valence-corrected chi connectivity index (χ2v) is 6.13. The van der Waals surface area contributed by atoms with E-state index in [2.05, 4.69) is 5.32 Å². The fourth-order valence-electron chi connectivity index (χ4n) is 1.34. The number of furan rings is 1. The Balaban J connectivity index is 2.38. The van der Waals surface area contributed by atoms with Gasteiger partial charge in [0, 0.05) is 16.6 Å². The van der Waals surface area contributed by atoms with E-state index in [1.807, 2.05) is 6.92 Å². The highest BCUT2D eigenvalue weighted by Crippen LogP contribution is 2.04. The zero-order chi connectivity index (χ0) is 13.5. The van der Waals surface area contributed by atoms with Crippen molar-refractivity contribution in [1.29, 1.82) is 0 Å². The van der Waals surface area contributed by atoms with E-state index >= 15 is 0 Å². The smallest absolute Gasteiger partial charge is 0.235 e. The molecule has 102 valence electrons. The molecule has 1 aromatic heterocycles. The lowest BCUT2D eigenvalue weighted by Gasteiger charge is -2.14. The van der Waals surface area contributed by atoms with Crippen LogP contribution in [0.5, 0.6) is 0 Å². The van der Waals surface area contributed by atoms with Gasteiger partial charge in [-0.3, -0.25) is 9.00 Å². The Bertz CT molecular complexity index is 392. The molecular weight excluding hydrogens is 252 g/mol. The van der Waals surface area contributed by atoms with E-state index in [1.165, 1.54) is 0 Å². The van der Waals surface area contributed by atoms with Gasteiger partial charge in [-0.05, 0) is 31.5 Å². The Morgan fingerprint density at radius 2 is 2.28 bits per heavy atom. The van der Waals surface area contributed by atoms with E-state index < -0.39 is 16.0 Å². The van der Waals surface area contributed by atoms with Gasteiger partial charge in [-0.1, -0.05) is 6.92 Å². The minimum atomic E-state index is -1.20. The van der Waals surface area contributed by atoms with E-state index in [0.717, 1.165) is 0 Å². The molecule has 0 saturated heterocycles. The van der Waals surface area contributed by atoms with Crippen LogP contribution in [0.2, 0.25) is 0 Å². The van der Waals surface area contributed by atoms with Crippen molar-refractivity contribution in [3.63, 3.8) is 0 Å². The van der Waals surface area contributed by atoms with Gasteiger partial charge in [0.05, 0.1) is 12.8 Å². The highest BCUT2D eigenvalue weighted by molar-refractivity contribution is 7.86. The molecule has 0 spiro atoms. The molecule has 1 aromatic rings. The Morgan fingerprint density at radius 3 is 2.83 bits per heavy atom. The molecule has 3 unspecified atom stereocenters. The quantitative estimate of drug-likeness (QED) is 0.762. The van der Waals surface area contributed by atoms with E-state index in [-0.39, 0.29) is 11.8 Å². The third-order valence-corrected chi connectivity index (χ3v) is 4.53. The maximum atomic E-state index is 11.9. The predicted molar refractivity (Wildman–Crippen MR) is 71.2 cm³/mol. The van der Waals surface area contributed by atoms with Crippen LogP contribution >= 0.6 is 0 Å². The molecule has 6 heteroatoms. The van der Waals surface area contributed by atoms with Gasteiger partial charge in [-0.25, -0.2) is 0 Å². The van der Waals surface area contributed by atoms with E-state index in [4.69, 9.17) is 10.2 Å². The van der Waals surface area contributed by atoms with Gasteiger partial charge >= 0.3 is 0 Å². The molecule has 0 saturated carbocycles.